The number of nitrogens with zero attached hydrogens (tertiary/aromatic N) is 6. The molecule has 0 saturated carbocycles. The number of aryl methyl sites for hydroxylation is 1. The van der Waals surface area contributed by atoms with Crippen molar-refractivity contribution in [2.45, 2.75) is 32.4 Å². The van der Waals surface area contributed by atoms with E-state index in [9.17, 15) is 0 Å². The smallest absolute Gasteiger partial charge is 0.196 e. The second-order valence-electron chi connectivity index (χ2n) is 4.11. The third-order valence-corrected chi connectivity index (χ3v) is 2.56. The van der Waals surface area contributed by atoms with Crippen LogP contribution in [0.4, 0.5) is 0 Å². The van der Waals surface area contributed by atoms with Gasteiger partial charge < -0.3 is 5.73 Å². The van der Waals surface area contributed by atoms with Gasteiger partial charge >= 0.3 is 0 Å². The molecule has 0 aliphatic carbocycles. The van der Waals surface area contributed by atoms with Gasteiger partial charge in [0.2, 0.25) is 0 Å². The lowest BCUT2D eigenvalue weighted by atomic mass is 10.1. The van der Waals surface area contributed by atoms with Crippen molar-refractivity contribution in [1.29, 1.82) is 0 Å². The molecule has 0 aliphatic rings. The van der Waals surface area contributed by atoms with Crippen molar-refractivity contribution in [1.82, 2.24) is 30.0 Å². The molecule has 7 heteroatoms. The Balaban J connectivity index is 1.98. The molecular weight excluding hydrogens is 218 g/mol. The lowest BCUT2D eigenvalue weighted by Gasteiger charge is -2.04. The minimum Gasteiger partial charge on any atom is -0.327 e. The number of tetrazole rings is 1. The molecule has 2 aromatic heterocycles. The van der Waals surface area contributed by atoms with Gasteiger partial charge in [-0.05, 0) is 23.6 Å². The minimum atomic E-state index is 0.197. The Morgan fingerprint density at radius 2 is 2.29 bits per heavy atom. The van der Waals surface area contributed by atoms with E-state index in [0.717, 1.165) is 18.4 Å². The molecule has 0 aromatic carbocycles. The molecule has 2 aromatic rings. The number of rotatable bonds is 5. The average Bonchev–Trinajstić information content (AvgIpc) is 2.89. The van der Waals surface area contributed by atoms with Crippen molar-refractivity contribution in [2.75, 3.05) is 0 Å². The Kier molecular flexibility index (Phi) is 3.48. The fourth-order valence-corrected chi connectivity index (χ4v) is 1.58. The predicted octanol–water partition coefficient (Wildman–Crippen LogP) is -0.265. The molecule has 0 spiro atoms. The van der Waals surface area contributed by atoms with E-state index in [4.69, 9.17) is 5.73 Å². The van der Waals surface area contributed by atoms with Gasteiger partial charge in [0.25, 0.3) is 0 Å². The first-order chi connectivity index (χ1) is 8.17. The minimum absolute atomic E-state index is 0.197. The third-order valence-electron chi connectivity index (χ3n) is 2.56. The molecule has 0 radical (unpaired) electrons. The van der Waals surface area contributed by atoms with Crippen molar-refractivity contribution in [3.8, 4) is 0 Å². The quantitative estimate of drug-likeness (QED) is 0.771. The van der Waals surface area contributed by atoms with Crippen LogP contribution in [0, 0.1) is 0 Å². The molecule has 0 fully saturated rings. The molecule has 0 bridgehead atoms. The van der Waals surface area contributed by atoms with Gasteiger partial charge in [-0.15, -0.1) is 10.2 Å². The number of hydrogen-bond donors (Lipinski definition) is 1. The van der Waals surface area contributed by atoms with Gasteiger partial charge in [-0.2, -0.15) is 9.90 Å². The largest absolute Gasteiger partial charge is 0.327 e. The molecule has 0 saturated heterocycles. The van der Waals surface area contributed by atoms with Crippen LogP contribution in [0.5, 0.6) is 0 Å². The topological polar surface area (TPSA) is 87.4 Å². The van der Waals surface area contributed by atoms with E-state index >= 15 is 0 Å². The second kappa shape index (κ2) is 5.05. The molecule has 0 amide bonds. The zero-order valence-corrected chi connectivity index (χ0v) is 10.1. The maximum atomic E-state index is 5.90. The highest BCUT2D eigenvalue weighted by Gasteiger charge is 2.06. The summed E-state index contributed by atoms with van der Waals surface area (Å²) >= 11 is 0. The fourth-order valence-electron chi connectivity index (χ4n) is 1.58. The number of aromatic nitrogens is 6. The predicted molar refractivity (Wildman–Crippen MR) is 62.1 cm³/mol. The van der Waals surface area contributed by atoms with Gasteiger partial charge in [-0.1, -0.05) is 6.92 Å². The molecule has 1 atom stereocenters. The summed E-state index contributed by atoms with van der Waals surface area (Å²) in [6.45, 7) is 2.62. The second-order valence-corrected chi connectivity index (χ2v) is 4.11. The van der Waals surface area contributed by atoms with Crippen LogP contribution in [-0.2, 0) is 20.0 Å². The highest BCUT2D eigenvalue weighted by molar-refractivity contribution is 5.06. The van der Waals surface area contributed by atoms with Crippen molar-refractivity contribution in [3.05, 3.63) is 23.8 Å². The standard InChI is InChI=1S/C10H17N7/c1-3-9(11)4-8-5-12-17(6-8)7-10-13-15-16(2)14-10/h5-6,9H,3-4,7,11H2,1-2H3. The van der Waals surface area contributed by atoms with Crippen LogP contribution >= 0.6 is 0 Å². The monoisotopic (exact) mass is 235 g/mol. The normalized spacial score (nSPS) is 12.9. The van der Waals surface area contributed by atoms with Gasteiger partial charge in [0, 0.05) is 12.2 Å². The zero-order valence-electron chi connectivity index (χ0n) is 10.1. The molecule has 2 N–H and O–H groups in total. The Morgan fingerprint density at radius 1 is 1.47 bits per heavy atom. The number of nitrogens with two attached hydrogens (primary N) is 1. The van der Waals surface area contributed by atoms with E-state index in [-0.39, 0.29) is 6.04 Å². The van der Waals surface area contributed by atoms with E-state index in [1.807, 2.05) is 12.4 Å². The zero-order chi connectivity index (χ0) is 12.3. The Hall–Kier alpha value is -1.76. The Morgan fingerprint density at radius 3 is 2.94 bits per heavy atom. The van der Waals surface area contributed by atoms with Crippen molar-refractivity contribution in [2.24, 2.45) is 12.8 Å². The van der Waals surface area contributed by atoms with Crippen LogP contribution in [0.3, 0.4) is 0 Å². The van der Waals surface area contributed by atoms with Gasteiger partial charge in [-0.25, -0.2) is 0 Å². The number of hydrogen-bond acceptors (Lipinski definition) is 5. The summed E-state index contributed by atoms with van der Waals surface area (Å²) in [5, 5.41) is 16.0. The molecule has 2 heterocycles. The molecule has 7 nitrogen and oxygen atoms in total. The van der Waals surface area contributed by atoms with Crippen molar-refractivity contribution < 1.29 is 0 Å². The fraction of sp³-hybridized carbons (Fsp3) is 0.600. The molecule has 0 aliphatic heterocycles. The summed E-state index contributed by atoms with van der Waals surface area (Å²) in [7, 11) is 1.74. The summed E-state index contributed by atoms with van der Waals surface area (Å²) in [5.41, 5.74) is 7.04. The van der Waals surface area contributed by atoms with Crippen LogP contribution in [-0.4, -0.2) is 36.0 Å². The molecule has 92 valence electrons. The first kappa shape index (κ1) is 11.7. The lowest BCUT2D eigenvalue weighted by molar-refractivity contribution is 0.616. The SMILES string of the molecule is CCC(N)Cc1cnn(Cc2nnn(C)n2)c1. The van der Waals surface area contributed by atoms with Crippen LogP contribution < -0.4 is 5.73 Å². The molecule has 2 rings (SSSR count). The van der Waals surface area contributed by atoms with E-state index < -0.39 is 0 Å². The lowest BCUT2D eigenvalue weighted by Crippen LogP contribution is -2.21. The van der Waals surface area contributed by atoms with Gasteiger partial charge in [0.05, 0.1) is 13.2 Å². The maximum Gasteiger partial charge on any atom is 0.196 e. The third kappa shape index (κ3) is 3.10. The average molecular weight is 235 g/mol. The van der Waals surface area contributed by atoms with Crippen molar-refractivity contribution >= 4 is 0 Å². The summed E-state index contributed by atoms with van der Waals surface area (Å²) in [6, 6.07) is 0.197. The molecule has 17 heavy (non-hydrogen) atoms. The highest BCUT2D eigenvalue weighted by Crippen LogP contribution is 2.04. The van der Waals surface area contributed by atoms with E-state index in [1.165, 1.54) is 4.80 Å². The van der Waals surface area contributed by atoms with Crippen LogP contribution in [0.2, 0.25) is 0 Å². The first-order valence-corrected chi connectivity index (χ1v) is 5.67. The van der Waals surface area contributed by atoms with E-state index in [2.05, 4.69) is 27.4 Å². The van der Waals surface area contributed by atoms with E-state index in [0.29, 0.717) is 12.4 Å². The Labute approximate surface area is 99.6 Å². The summed E-state index contributed by atoms with van der Waals surface area (Å²) in [6.07, 6.45) is 5.64. The molecule has 1 unspecified atom stereocenters. The highest BCUT2D eigenvalue weighted by atomic mass is 15.6. The van der Waals surface area contributed by atoms with Crippen LogP contribution in [0.15, 0.2) is 12.4 Å². The first-order valence-electron chi connectivity index (χ1n) is 5.67. The van der Waals surface area contributed by atoms with E-state index in [1.54, 1.807) is 11.7 Å². The van der Waals surface area contributed by atoms with Gasteiger partial charge in [0.1, 0.15) is 6.54 Å². The summed E-state index contributed by atoms with van der Waals surface area (Å²) < 4.78 is 1.80. The van der Waals surface area contributed by atoms with Crippen LogP contribution in [0.1, 0.15) is 24.7 Å². The summed E-state index contributed by atoms with van der Waals surface area (Å²) in [5.74, 6) is 0.655. The maximum absolute atomic E-state index is 5.90. The Bertz CT molecular complexity index is 472. The molecular formula is C10H17N7. The van der Waals surface area contributed by atoms with Gasteiger partial charge in [-0.3, -0.25) is 4.68 Å². The summed E-state index contributed by atoms with van der Waals surface area (Å²) in [4.78, 5) is 1.44. The van der Waals surface area contributed by atoms with Gasteiger partial charge in [0.15, 0.2) is 5.82 Å². The van der Waals surface area contributed by atoms with Crippen molar-refractivity contribution in [3.63, 3.8) is 0 Å². The van der Waals surface area contributed by atoms with Crippen LogP contribution in [0.25, 0.3) is 0 Å².